The molecule has 0 aliphatic carbocycles. The van der Waals surface area contributed by atoms with Crippen LogP contribution in [0.4, 0.5) is 0 Å². The maximum absolute atomic E-state index is 5.99. The predicted octanol–water partition coefficient (Wildman–Crippen LogP) is 2.76. The zero-order valence-corrected chi connectivity index (χ0v) is 13.8. The van der Waals surface area contributed by atoms with Gasteiger partial charge in [-0.05, 0) is 19.9 Å². The van der Waals surface area contributed by atoms with E-state index in [1.165, 1.54) is 0 Å². The van der Waals surface area contributed by atoms with Gasteiger partial charge < -0.3 is 18.6 Å². The van der Waals surface area contributed by atoms with E-state index in [0.29, 0.717) is 23.3 Å². The fourth-order valence-corrected chi connectivity index (χ4v) is 2.83. The Balaban J connectivity index is 1.50. The SMILES string of the molecule is Cn1ccnc1-c1noc(COc2cccc3c2OC(C)(C)C3)n1. The van der Waals surface area contributed by atoms with Crippen molar-refractivity contribution in [1.29, 1.82) is 0 Å². The predicted molar refractivity (Wildman–Crippen MR) is 85.7 cm³/mol. The molecule has 7 heteroatoms. The maximum Gasteiger partial charge on any atom is 0.264 e. The van der Waals surface area contributed by atoms with Gasteiger partial charge in [0.2, 0.25) is 5.82 Å². The number of rotatable bonds is 4. The van der Waals surface area contributed by atoms with Crippen LogP contribution in [0.15, 0.2) is 35.1 Å². The highest BCUT2D eigenvalue weighted by molar-refractivity contribution is 5.50. The van der Waals surface area contributed by atoms with Crippen LogP contribution in [0.1, 0.15) is 25.3 Å². The molecule has 1 aliphatic heterocycles. The molecule has 24 heavy (non-hydrogen) atoms. The molecule has 0 atom stereocenters. The van der Waals surface area contributed by atoms with E-state index in [-0.39, 0.29) is 12.2 Å². The summed E-state index contributed by atoms with van der Waals surface area (Å²) in [5.74, 6) is 2.97. The molecular weight excluding hydrogens is 308 g/mol. The second-order valence-corrected chi connectivity index (χ2v) is 6.45. The van der Waals surface area contributed by atoms with Crippen molar-refractivity contribution in [2.75, 3.05) is 0 Å². The fraction of sp³-hybridized carbons (Fsp3) is 0.353. The zero-order valence-electron chi connectivity index (χ0n) is 13.8. The van der Waals surface area contributed by atoms with Crippen molar-refractivity contribution in [2.24, 2.45) is 7.05 Å². The maximum atomic E-state index is 5.99. The van der Waals surface area contributed by atoms with Gasteiger partial charge in [0.15, 0.2) is 23.9 Å². The lowest BCUT2D eigenvalue weighted by Crippen LogP contribution is -2.24. The molecule has 1 aliphatic rings. The highest BCUT2D eigenvalue weighted by atomic mass is 16.5. The molecule has 4 rings (SSSR count). The first-order valence-corrected chi connectivity index (χ1v) is 7.76. The Morgan fingerprint density at radius 2 is 2.21 bits per heavy atom. The summed E-state index contributed by atoms with van der Waals surface area (Å²) >= 11 is 0. The molecule has 0 amide bonds. The number of hydrogen-bond donors (Lipinski definition) is 0. The molecule has 0 bridgehead atoms. The van der Waals surface area contributed by atoms with Gasteiger partial charge >= 0.3 is 0 Å². The monoisotopic (exact) mass is 326 g/mol. The lowest BCUT2D eigenvalue weighted by Gasteiger charge is -2.18. The Morgan fingerprint density at radius 3 is 3.00 bits per heavy atom. The van der Waals surface area contributed by atoms with Crippen LogP contribution < -0.4 is 9.47 Å². The Bertz CT molecular complexity index is 882. The molecule has 0 saturated carbocycles. The normalized spacial score (nSPS) is 15.1. The van der Waals surface area contributed by atoms with Crippen LogP contribution in [0, 0.1) is 0 Å². The van der Waals surface area contributed by atoms with Gasteiger partial charge in [-0.3, -0.25) is 0 Å². The summed E-state index contributed by atoms with van der Waals surface area (Å²) in [6.45, 7) is 4.31. The van der Waals surface area contributed by atoms with Gasteiger partial charge in [-0.1, -0.05) is 17.3 Å². The van der Waals surface area contributed by atoms with Gasteiger partial charge in [-0.15, -0.1) is 0 Å². The van der Waals surface area contributed by atoms with E-state index in [4.69, 9.17) is 14.0 Å². The summed E-state index contributed by atoms with van der Waals surface area (Å²) < 4.78 is 18.9. The van der Waals surface area contributed by atoms with Gasteiger partial charge in [0, 0.05) is 31.4 Å². The van der Waals surface area contributed by atoms with E-state index in [9.17, 15) is 0 Å². The van der Waals surface area contributed by atoms with E-state index in [1.807, 2.05) is 29.9 Å². The average Bonchev–Trinajstić information content (AvgIpc) is 3.21. The highest BCUT2D eigenvalue weighted by Gasteiger charge is 2.32. The highest BCUT2D eigenvalue weighted by Crippen LogP contribution is 2.41. The summed E-state index contributed by atoms with van der Waals surface area (Å²) in [6.07, 6.45) is 4.38. The van der Waals surface area contributed by atoms with Crippen LogP contribution in [0.5, 0.6) is 11.5 Å². The van der Waals surface area contributed by atoms with Crippen molar-refractivity contribution < 1.29 is 14.0 Å². The van der Waals surface area contributed by atoms with Crippen molar-refractivity contribution in [2.45, 2.75) is 32.5 Å². The van der Waals surface area contributed by atoms with Gasteiger partial charge in [0.25, 0.3) is 5.89 Å². The first-order valence-electron chi connectivity index (χ1n) is 7.76. The molecule has 0 unspecified atom stereocenters. The first-order chi connectivity index (χ1) is 11.5. The largest absolute Gasteiger partial charge is 0.483 e. The van der Waals surface area contributed by atoms with Crippen LogP contribution >= 0.6 is 0 Å². The summed E-state index contributed by atoms with van der Waals surface area (Å²) in [5.41, 5.74) is 0.939. The Kier molecular flexibility index (Phi) is 3.30. The number of ether oxygens (including phenoxy) is 2. The quantitative estimate of drug-likeness (QED) is 0.734. The molecule has 7 nitrogen and oxygen atoms in total. The molecule has 0 radical (unpaired) electrons. The molecule has 0 saturated heterocycles. The van der Waals surface area contributed by atoms with Crippen molar-refractivity contribution in [3.63, 3.8) is 0 Å². The van der Waals surface area contributed by atoms with Gasteiger partial charge in [0.05, 0.1) is 0 Å². The lowest BCUT2D eigenvalue weighted by atomic mass is 10.0. The Morgan fingerprint density at radius 1 is 1.33 bits per heavy atom. The summed E-state index contributed by atoms with van der Waals surface area (Å²) in [4.78, 5) is 8.52. The van der Waals surface area contributed by atoms with Crippen molar-refractivity contribution in [3.8, 4) is 23.1 Å². The van der Waals surface area contributed by atoms with Crippen LogP contribution in [0.25, 0.3) is 11.6 Å². The third-order valence-corrected chi connectivity index (χ3v) is 3.90. The third kappa shape index (κ3) is 2.62. The zero-order chi connectivity index (χ0) is 16.7. The summed E-state index contributed by atoms with van der Waals surface area (Å²) in [5, 5.41) is 3.95. The van der Waals surface area contributed by atoms with E-state index < -0.39 is 0 Å². The topological polar surface area (TPSA) is 75.2 Å². The second kappa shape index (κ2) is 5.36. The minimum atomic E-state index is -0.211. The number of para-hydroxylation sites is 1. The molecule has 3 heterocycles. The molecule has 0 fully saturated rings. The molecule has 1 aromatic carbocycles. The molecule has 124 valence electrons. The number of fused-ring (bicyclic) bond motifs is 1. The number of hydrogen-bond acceptors (Lipinski definition) is 6. The minimum absolute atomic E-state index is 0.178. The van der Waals surface area contributed by atoms with Gasteiger partial charge in [0.1, 0.15) is 5.60 Å². The van der Waals surface area contributed by atoms with Crippen molar-refractivity contribution in [1.82, 2.24) is 19.7 Å². The molecule has 0 spiro atoms. The Labute approximate surface area is 139 Å². The third-order valence-electron chi connectivity index (χ3n) is 3.90. The number of nitrogens with zero attached hydrogens (tertiary/aromatic N) is 4. The average molecular weight is 326 g/mol. The molecule has 2 aromatic heterocycles. The summed E-state index contributed by atoms with van der Waals surface area (Å²) in [6, 6.07) is 5.91. The number of imidazole rings is 1. The smallest absolute Gasteiger partial charge is 0.264 e. The number of aryl methyl sites for hydroxylation is 1. The second-order valence-electron chi connectivity index (χ2n) is 6.45. The van der Waals surface area contributed by atoms with E-state index >= 15 is 0 Å². The number of benzene rings is 1. The van der Waals surface area contributed by atoms with Crippen molar-refractivity contribution in [3.05, 3.63) is 42.0 Å². The first kappa shape index (κ1) is 14.7. The molecule has 0 N–H and O–H groups in total. The van der Waals surface area contributed by atoms with Crippen LogP contribution in [0.2, 0.25) is 0 Å². The Hall–Kier alpha value is -2.83. The minimum Gasteiger partial charge on any atom is -0.483 e. The fourth-order valence-electron chi connectivity index (χ4n) is 2.83. The van der Waals surface area contributed by atoms with E-state index in [2.05, 4.69) is 35.0 Å². The van der Waals surface area contributed by atoms with Gasteiger partial charge in [-0.2, -0.15) is 4.98 Å². The van der Waals surface area contributed by atoms with E-state index in [1.54, 1.807) is 6.20 Å². The van der Waals surface area contributed by atoms with Crippen LogP contribution in [-0.4, -0.2) is 25.3 Å². The van der Waals surface area contributed by atoms with Gasteiger partial charge in [-0.25, -0.2) is 4.98 Å². The molecule has 3 aromatic rings. The van der Waals surface area contributed by atoms with Crippen molar-refractivity contribution >= 4 is 0 Å². The summed E-state index contributed by atoms with van der Waals surface area (Å²) in [7, 11) is 1.88. The van der Waals surface area contributed by atoms with Crippen LogP contribution in [-0.2, 0) is 20.1 Å². The van der Waals surface area contributed by atoms with Crippen LogP contribution in [0.3, 0.4) is 0 Å². The number of aromatic nitrogens is 4. The molecular formula is C17H18N4O3. The standard InChI is InChI=1S/C17H18N4O3/c1-17(2)9-11-5-4-6-12(14(11)23-17)22-10-13-19-15(20-24-13)16-18-7-8-21(16)3/h4-8H,9-10H2,1-3H3. The van der Waals surface area contributed by atoms with E-state index in [0.717, 1.165) is 17.7 Å². The lowest BCUT2D eigenvalue weighted by molar-refractivity contribution is 0.130.